The number of ether oxygens (including phenoxy) is 4. The summed E-state index contributed by atoms with van der Waals surface area (Å²) in [5.41, 5.74) is -0.367. The summed E-state index contributed by atoms with van der Waals surface area (Å²) in [4.78, 5) is 11.4. The van der Waals surface area contributed by atoms with Crippen LogP contribution in [0.15, 0.2) is 29.8 Å². The first-order chi connectivity index (χ1) is 16.5. The summed E-state index contributed by atoms with van der Waals surface area (Å²) in [6.07, 6.45) is -8.28. The van der Waals surface area contributed by atoms with Crippen LogP contribution in [-0.2, 0) is 20.6 Å². The van der Waals surface area contributed by atoms with Crippen molar-refractivity contribution in [2.75, 3.05) is 19.8 Å². The molecule has 2 aliphatic rings. The maximum absolute atomic E-state index is 11.4. The summed E-state index contributed by atoms with van der Waals surface area (Å²) in [7, 11) is 0. The van der Waals surface area contributed by atoms with E-state index >= 15 is 0 Å². The van der Waals surface area contributed by atoms with Crippen molar-refractivity contribution in [3.8, 4) is 5.75 Å². The summed E-state index contributed by atoms with van der Waals surface area (Å²) in [6.45, 7) is 2.20. The van der Waals surface area contributed by atoms with Crippen molar-refractivity contribution in [2.24, 2.45) is 0 Å². The molecule has 2 heterocycles. The van der Waals surface area contributed by atoms with Crippen LogP contribution in [-0.4, -0.2) is 110 Å². The van der Waals surface area contributed by atoms with Crippen LogP contribution < -0.4 is 4.74 Å². The highest BCUT2D eigenvalue weighted by Crippen LogP contribution is 2.30. The van der Waals surface area contributed by atoms with E-state index in [1.807, 2.05) is 19.9 Å². The molecule has 0 unspecified atom stereocenters. The lowest BCUT2D eigenvalue weighted by molar-refractivity contribution is -0.289. The predicted molar refractivity (Wildman–Crippen MR) is 118 cm³/mol. The van der Waals surface area contributed by atoms with Gasteiger partial charge in [-0.05, 0) is 44.0 Å². The second-order valence-electron chi connectivity index (χ2n) is 8.97. The molecule has 35 heavy (non-hydrogen) atoms. The quantitative estimate of drug-likeness (QED) is 0.195. The molecular formula is C23H32O12. The van der Waals surface area contributed by atoms with Gasteiger partial charge in [0.1, 0.15) is 41.9 Å². The van der Waals surface area contributed by atoms with Gasteiger partial charge in [0, 0.05) is 0 Å². The Balaban J connectivity index is 1.74. The Kier molecular flexibility index (Phi) is 8.86. The molecular weight excluding hydrogens is 468 g/mol. The minimum absolute atomic E-state index is 0.0410. The second-order valence-corrected chi connectivity index (χ2v) is 8.97. The number of allylic oxidation sites excluding steroid dienone is 2. The van der Waals surface area contributed by atoms with Crippen LogP contribution in [0, 0.1) is 0 Å². The van der Waals surface area contributed by atoms with Crippen molar-refractivity contribution < 1.29 is 59.5 Å². The molecule has 8 atom stereocenters. The monoisotopic (exact) mass is 500 g/mol. The van der Waals surface area contributed by atoms with Gasteiger partial charge in [0.25, 0.3) is 0 Å². The molecule has 12 heteroatoms. The highest BCUT2D eigenvalue weighted by atomic mass is 16.7. The Hall–Kier alpha value is -2.13. The van der Waals surface area contributed by atoms with Crippen LogP contribution in [0.25, 0.3) is 0 Å². The third-order valence-corrected chi connectivity index (χ3v) is 5.95. The van der Waals surface area contributed by atoms with Crippen LogP contribution in [0.5, 0.6) is 5.75 Å². The molecule has 0 spiro atoms. The zero-order valence-electron chi connectivity index (χ0n) is 19.4. The maximum atomic E-state index is 11.4. The van der Waals surface area contributed by atoms with Crippen LogP contribution in [0.4, 0.5) is 0 Å². The van der Waals surface area contributed by atoms with Gasteiger partial charge in [-0.25, -0.2) is 4.79 Å². The molecule has 0 amide bonds. The number of aliphatic hydroxyl groups excluding tert-OH is 5. The average molecular weight is 500 g/mol. The number of carbonyl (C=O) groups is 1. The third-order valence-electron chi connectivity index (χ3n) is 5.95. The summed E-state index contributed by atoms with van der Waals surface area (Å²) >= 11 is 0. The van der Waals surface area contributed by atoms with Gasteiger partial charge in [-0.1, -0.05) is 11.6 Å². The lowest BCUT2D eigenvalue weighted by atomic mass is 9.99. The number of hydrogen-bond acceptors (Lipinski definition) is 11. The van der Waals surface area contributed by atoms with E-state index in [0.717, 1.165) is 5.57 Å². The molecule has 0 aliphatic carbocycles. The molecule has 0 radical (unpaired) electrons. The van der Waals surface area contributed by atoms with Gasteiger partial charge in [0.2, 0.25) is 6.29 Å². The molecule has 7 N–H and O–H groups in total. The first kappa shape index (κ1) is 27.5. The van der Waals surface area contributed by atoms with Crippen molar-refractivity contribution in [1.82, 2.24) is 0 Å². The molecule has 1 aromatic carbocycles. The number of carboxylic acid groups (broad SMARTS) is 1. The first-order valence-electron chi connectivity index (χ1n) is 11.1. The highest BCUT2D eigenvalue weighted by molar-refractivity contribution is 5.88. The van der Waals surface area contributed by atoms with Crippen molar-refractivity contribution >= 4 is 5.97 Å². The van der Waals surface area contributed by atoms with Gasteiger partial charge < -0.3 is 54.7 Å². The topological polar surface area (TPSA) is 196 Å². The van der Waals surface area contributed by atoms with Crippen LogP contribution in [0.1, 0.15) is 29.8 Å². The lowest BCUT2D eigenvalue weighted by Gasteiger charge is -2.40. The Morgan fingerprint density at radius 3 is 2.46 bits per heavy atom. The molecule has 2 aliphatic heterocycles. The zero-order chi connectivity index (χ0) is 25.9. The van der Waals surface area contributed by atoms with Crippen LogP contribution in [0.3, 0.4) is 0 Å². The van der Waals surface area contributed by atoms with E-state index in [1.165, 1.54) is 18.2 Å². The minimum atomic E-state index is -1.90. The second kappa shape index (κ2) is 11.3. The van der Waals surface area contributed by atoms with Gasteiger partial charge in [-0.15, -0.1) is 0 Å². The number of aromatic carboxylic acids is 1. The first-order valence-corrected chi connectivity index (χ1v) is 11.1. The molecule has 0 bridgehead atoms. The summed E-state index contributed by atoms with van der Waals surface area (Å²) in [5, 5.41) is 69.8. The molecule has 2 saturated heterocycles. The van der Waals surface area contributed by atoms with Gasteiger partial charge >= 0.3 is 5.97 Å². The van der Waals surface area contributed by atoms with Crippen molar-refractivity contribution in [2.45, 2.75) is 69.0 Å². The van der Waals surface area contributed by atoms with Crippen LogP contribution in [0.2, 0.25) is 0 Å². The van der Waals surface area contributed by atoms with E-state index in [-0.39, 0.29) is 17.9 Å². The van der Waals surface area contributed by atoms with Crippen molar-refractivity contribution in [1.29, 1.82) is 0 Å². The smallest absolute Gasteiger partial charge is 0.335 e. The van der Waals surface area contributed by atoms with E-state index < -0.39 is 67.9 Å². The predicted octanol–water partition coefficient (Wildman–Crippen LogP) is -1.46. The molecule has 12 nitrogen and oxygen atoms in total. The average Bonchev–Trinajstić information content (AvgIpc) is 3.11. The Morgan fingerprint density at radius 2 is 1.86 bits per heavy atom. The van der Waals surface area contributed by atoms with E-state index in [2.05, 4.69) is 0 Å². The fourth-order valence-electron chi connectivity index (χ4n) is 3.70. The number of aliphatic hydroxyl groups is 6. The largest absolute Gasteiger partial charge is 0.478 e. The molecule has 0 aromatic heterocycles. The number of benzene rings is 1. The number of rotatable bonds is 9. The van der Waals surface area contributed by atoms with E-state index in [0.29, 0.717) is 12.0 Å². The van der Waals surface area contributed by atoms with Crippen molar-refractivity contribution in [3.05, 3.63) is 41.0 Å². The van der Waals surface area contributed by atoms with Crippen molar-refractivity contribution in [3.63, 3.8) is 0 Å². The van der Waals surface area contributed by atoms with Gasteiger partial charge in [-0.2, -0.15) is 0 Å². The van der Waals surface area contributed by atoms with Gasteiger partial charge in [0.15, 0.2) is 6.29 Å². The Bertz CT molecular complexity index is 916. The third kappa shape index (κ3) is 6.17. The SMILES string of the molecule is CC(C)=CCc1cc(C(=O)O)ccc1O[C@@H]1O[C@H](CO[C@@H]2OC[C@](O)(CO)[C@H]2O)[C@@H](O)[C@H](O)[C@H]1O. The molecule has 3 rings (SSSR count). The Labute approximate surface area is 201 Å². The summed E-state index contributed by atoms with van der Waals surface area (Å²) < 4.78 is 21.9. The summed E-state index contributed by atoms with van der Waals surface area (Å²) in [6, 6.07) is 4.17. The molecule has 1 aromatic rings. The standard InChI is InChI=1S/C23H32O12/c1-11(2)3-4-12-7-13(20(29)30)5-6-14(12)34-21-18(27)17(26)16(25)15(35-21)8-32-22-19(28)23(31,9-24)10-33-22/h3,5-7,15-19,21-22,24-28,31H,4,8-10H2,1-2H3,(H,29,30)/t15-,16-,17+,18-,19+,21-,22-,23-/m1/s1. The molecule has 196 valence electrons. The maximum Gasteiger partial charge on any atom is 0.335 e. The fraction of sp³-hybridized carbons (Fsp3) is 0.609. The highest BCUT2D eigenvalue weighted by Gasteiger charge is 2.50. The fourth-order valence-corrected chi connectivity index (χ4v) is 3.70. The lowest BCUT2D eigenvalue weighted by Crippen LogP contribution is -2.60. The van der Waals surface area contributed by atoms with E-state index in [9.17, 15) is 40.5 Å². The summed E-state index contributed by atoms with van der Waals surface area (Å²) in [5.74, 6) is -0.911. The number of carboxylic acids is 1. The van der Waals surface area contributed by atoms with Gasteiger partial charge in [0.05, 0.1) is 25.4 Å². The zero-order valence-corrected chi connectivity index (χ0v) is 19.4. The molecule has 0 saturated carbocycles. The normalized spacial score (nSPS) is 35.0. The van der Waals surface area contributed by atoms with E-state index in [1.54, 1.807) is 0 Å². The Morgan fingerprint density at radius 1 is 1.14 bits per heavy atom. The van der Waals surface area contributed by atoms with Crippen LogP contribution >= 0.6 is 0 Å². The minimum Gasteiger partial charge on any atom is -0.478 e. The van der Waals surface area contributed by atoms with E-state index in [4.69, 9.17) is 18.9 Å². The van der Waals surface area contributed by atoms with Gasteiger partial charge in [-0.3, -0.25) is 0 Å². The molecule has 2 fully saturated rings. The number of hydrogen-bond donors (Lipinski definition) is 7.